The van der Waals surface area contributed by atoms with E-state index in [0.717, 1.165) is 0 Å². The third-order valence-corrected chi connectivity index (χ3v) is 3.11. The minimum Gasteiger partial charge on any atom is -0.507 e. The van der Waals surface area contributed by atoms with E-state index in [1.54, 1.807) is 48.5 Å². The standard InChI is InChI=1S/C12H9O3P.C3H9N/c13-11-7-3-1-5-9(11)10-6-2-4-8-12(10)16(14)15;1-3(2)4/h1-8H,(H-,13,14,15);3H,4H2,1-2H3/p+1. The lowest BCUT2D eigenvalue weighted by Crippen LogP contribution is -2.06. The van der Waals surface area contributed by atoms with Crippen molar-refractivity contribution >= 4 is 13.3 Å². The summed E-state index contributed by atoms with van der Waals surface area (Å²) in [5.41, 5.74) is 6.26. The zero-order valence-electron chi connectivity index (χ0n) is 11.5. The highest BCUT2D eigenvalue weighted by molar-refractivity contribution is 7.47. The highest BCUT2D eigenvalue weighted by atomic mass is 31.1. The van der Waals surface area contributed by atoms with Gasteiger partial charge in [0.25, 0.3) is 0 Å². The number of aromatic hydroxyl groups is 1. The molecule has 0 radical (unpaired) electrons. The number of hydrogen-bond acceptors (Lipinski definition) is 3. The summed E-state index contributed by atoms with van der Waals surface area (Å²) >= 11 is 0. The molecule has 0 aliphatic carbocycles. The number of benzene rings is 2. The van der Waals surface area contributed by atoms with Crippen LogP contribution in [0, 0.1) is 0 Å². The zero-order valence-corrected chi connectivity index (χ0v) is 12.4. The SMILES string of the molecule is CC(C)N.O=[P+](O)c1ccccc1-c1ccccc1O. The van der Waals surface area contributed by atoms with E-state index in [4.69, 9.17) is 5.73 Å². The van der Waals surface area contributed by atoms with E-state index in [1.807, 2.05) is 13.8 Å². The van der Waals surface area contributed by atoms with Crippen LogP contribution < -0.4 is 11.0 Å². The van der Waals surface area contributed by atoms with Crippen molar-refractivity contribution < 1.29 is 14.6 Å². The van der Waals surface area contributed by atoms with Crippen LogP contribution in [0.25, 0.3) is 11.1 Å². The largest absolute Gasteiger partial charge is 0.546 e. The summed E-state index contributed by atoms with van der Waals surface area (Å²) in [4.78, 5) is 9.18. The van der Waals surface area contributed by atoms with Gasteiger partial charge >= 0.3 is 8.03 Å². The van der Waals surface area contributed by atoms with Gasteiger partial charge in [0.05, 0.1) is 0 Å². The Bertz CT molecular complexity index is 582. The van der Waals surface area contributed by atoms with Gasteiger partial charge in [-0.3, -0.25) is 0 Å². The van der Waals surface area contributed by atoms with E-state index < -0.39 is 8.03 Å². The molecule has 0 saturated carbocycles. The molecule has 0 spiro atoms. The van der Waals surface area contributed by atoms with Crippen molar-refractivity contribution in [3.63, 3.8) is 0 Å². The lowest BCUT2D eigenvalue weighted by Gasteiger charge is -2.03. The first kappa shape index (κ1) is 16.3. The van der Waals surface area contributed by atoms with Crippen LogP contribution in [0.15, 0.2) is 48.5 Å². The highest BCUT2D eigenvalue weighted by Crippen LogP contribution is 2.31. The molecule has 2 aromatic carbocycles. The van der Waals surface area contributed by atoms with Gasteiger partial charge < -0.3 is 10.8 Å². The lowest BCUT2D eigenvalue weighted by atomic mass is 10.0. The van der Waals surface area contributed by atoms with Crippen LogP contribution in [0.1, 0.15) is 13.8 Å². The number of nitrogens with two attached hydrogens (primary N) is 1. The van der Waals surface area contributed by atoms with Gasteiger partial charge in [-0.15, -0.1) is 0 Å². The minimum absolute atomic E-state index is 0.104. The maximum atomic E-state index is 11.2. The van der Waals surface area contributed by atoms with Crippen molar-refractivity contribution in [1.29, 1.82) is 0 Å². The molecule has 0 heterocycles. The zero-order chi connectivity index (χ0) is 15.1. The number of rotatable bonds is 2. The van der Waals surface area contributed by atoms with Crippen molar-refractivity contribution in [2.24, 2.45) is 5.73 Å². The van der Waals surface area contributed by atoms with Gasteiger partial charge in [0, 0.05) is 11.1 Å². The molecule has 4 nitrogen and oxygen atoms in total. The molecule has 1 atom stereocenters. The summed E-state index contributed by atoms with van der Waals surface area (Å²) in [5.74, 6) is 0.104. The van der Waals surface area contributed by atoms with Crippen LogP contribution >= 0.6 is 8.03 Å². The van der Waals surface area contributed by atoms with Crippen molar-refractivity contribution in [2.45, 2.75) is 19.9 Å². The second kappa shape index (κ2) is 7.75. The van der Waals surface area contributed by atoms with Gasteiger partial charge in [-0.1, -0.05) is 44.2 Å². The van der Waals surface area contributed by atoms with Gasteiger partial charge in [-0.2, -0.15) is 4.89 Å². The van der Waals surface area contributed by atoms with Gasteiger partial charge in [0.1, 0.15) is 5.75 Å². The Morgan fingerprint density at radius 1 is 1.00 bits per heavy atom. The monoisotopic (exact) mass is 292 g/mol. The van der Waals surface area contributed by atoms with Crippen molar-refractivity contribution in [2.75, 3.05) is 0 Å². The Hall–Kier alpha value is -1.74. The Morgan fingerprint density at radius 2 is 1.45 bits per heavy atom. The molecule has 1 unspecified atom stereocenters. The summed E-state index contributed by atoms with van der Waals surface area (Å²) in [6.07, 6.45) is 0. The molecule has 0 bridgehead atoms. The molecule has 4 N–H and O–H groups in total. The number of phenols is 1. The van der Waals surface area contributed by atoms with E-state index in [2.05, 4.69) is 0 Å². The van der Waals surface area contributed by atoms with Crippen LogP contribution in [0.5, 0.6) is 5.75 Å². The number of phenolic OH excluding ortho intramolecular Hbond substituents is 1. The molecule has 106 valence electrons. The van der Waals surface area contributed by atoms with Crippen LogP contribution in [0.3, 0.4) is 0 Å². The molecule has 0 amide bonds. The van der Waals surface area contributed by atoms with Crippen LogP contribution in [0.4, 0.5) is 0 Å². The Kier molecular flexibility index (Phi) is 6.32. The Balaban J connectivity index is 0.000000444. The van der Waals surface area contributed by atoms with E-state index >= 15 is 0 Å². The first-order valence-electron chi connectivity index (χ1n) is 6.22. The normalized spacial score (nSPS) is 10.8. The topological polar surface area (TPSA) is 83.6 Å². The van der Waals surface area contributed by atoms with E-state index in [9.17, 15) is 14.6 Å². The molecular formula is C15H19NO3P+. The minimum atomic E-state index is -2.41. The third-order valence-electron chi connectivity index (χ3n) is 2.30. The van der Waals surface area contributed by atoms with Gasteiger partial charge in [0.2, 0.25) is 5.30 Å². The maximum Gasteiger partial charge on any atom is 0.546 e. The molecule has 20 heavy (non-hydrogen) atoms. The fraction of sp³-hybridized carbons (Fsp3) is 0.200. The van der Waals surface area contributed by atoms with E-state index in [-0.39, 0.29) is 5.75 Å². The molecule has 2 rings (SSSR count). The van der Waals surface area contributed by atoms with E-state index in [0.29, 0.717) is 22.5 Å². The van der Waals surface area contributed by atoms with Gasteiger partial charge in [-0.25, -0.2) is 0 Å². The molecule has 0 fully saturated rings. The van der Waals surface area contributed by atoms with Crippen molar-refractivity contribution in [3.8, 4) is 16.9 Å². The third kappa shape index (κ3) is 4.74. The molecule has 2 aromatic rings. The summed E-state index contributed by atoms with van der Waals surface area (Å²) < 4.78 is 11.2. The molecule has 0 aliphatic heterocycles. The van der Waals surface area contributed by atoms with E-state index in [1.165, 1.54) is 0 Å². The smallest absolute Gasteiger partial charge is 0.507 e. The first-order chi connectivity index (χ1) is 9.43. The highest BCUT2D eigenvalue weighted by Gasteiger charge is 2.22. The Morgan fingerprint density at radius 3 is 1.95 bits per heavy atom. The fourth-order valence-electron chi connectivity index (χ4n) is 1.57. The predicted molar refractivity (Wildman–Crippen MR) is 82.3 cm³/mol. The first-order valence-corrected chi connectivity index (χ1v) is 7.43. The molecule has 5 heteroatoms. The summed E-state index contributed by atoms with van der Waals surface area (Å²) in [7, 11) is -2.41. The summed E-state index contributed by atoms with van der Waals surface area (Å²) in [6.45, 7) is 3.89. The molecular weight excluding hydrogens is 273 g/mol. The number of para-hydroxylation sites is 1. The Labute approximate surface area is 119 Å². The van der Waals surface area contributed by atoms with Gasteiger partial charge in [-0.05, 0) is 28.8 Å². The van der Waals surface area contributed by atoms with Crippen molar-refractivity contribution in [1.82, 2.24) is 0 Å². The number of hydrogen-bond donors (Lipinski definition) is 3. The predicted octanol–water partition coefficient (Wildman–Crippen LogP) is 2.77. The molecule has 0 saturated heterocycles. The molecule has 0 aromatic heterocycles. The maximum absolute atomic E-state index is 11.2. The van der Waals surface area contributed by atoms with Gasteiger partial charge in [0.15, 0.2) is 0 Å². The lowest BCUT2D eigenvalue weighted by molar-refractivity contribution is 0.477. The average molecular weight is 292 g/mol. The quantitative estimate of drug-likeness (QED) is 0.743. The fourth-order valence-corrected chi connectivity index (χ4v) is 2.18. The van der Waals surface area contributed by atoms with Crippen LogP contribution in [0.2, 0.25) is 0 Å². The van der Waals surface area contributed by atoms with Crippen LogP contribution in [-0.4, -0.2) is 16.0 Å². The summed E-state index contributed by atoms with van der Waals surface area (Å²) in [5, 5.41) is 10.0. The van der Waals surface area contributed by atoms with Crippen LogP contribution in [-0.2, 0) is 4.57 Å². The second-order valence-electron chi connectivity index (χ2n) is 4.55. The average Bonchev–Trinajstić information content (AvgIpc) is 2.38. The summed E-state index contributed by atoms with van der Waals surface area (Å²) in [6, 6.07) is 13.8. The second-order valence-corrected chi connectivity index (χ2v) is 5.58. The van der Waals surface area contributed by atoms with Crippen molar-refractivity contribution in [3.05, 3.63) is 48.5 Å². The molecule has 0 aliphatic rings.